The van der Waals surface area contributed by atoms with Crippen molar-refractivity contribution in [2.24, 2.45) is 4.99 Å². The summed E-state index contributed by atoms with van der Waals surface area (Å²) in [5.41, 5.74) is 1.36. The maximum atomic E-state index is 5.96. The highest BCUT2D eigenvalue weighted by molar-refractivity contribution is 14.0. The van der Waals surface area contributed by atoms with E-state index in [4.69, 9.17) is 9.47 Å². The van der Waals surface area contributed by atoms with Crippen molar-refractivity contribution in [3.05, 3.63) is 35.9 Å². The minimum Gasteiger partial charge on any atom is -0.385 e. The van der Waals surface area contributed by atoms with Gasteiger partial charge in [0, 0.05) is 59.6 Å². The summed E-state index contributed by atoms with van der Waals surface area (Å²) in [6.07, 6.45) is 4.54. The summed E-state index contributed by atoms with van der Waals surface area (Å²) in [5, 5.41) is 3.56. The lowest BCUT2D eigenvalue weighted by Gasteiger charge is -2.34. The average molecular weight is 533 g/mol. The first-order valence-corrected chi connectivity index (χ1v) is 10.9. The third kappa shape index (κ3) is 9.94. The number of hydrogen-bond donors (Lipinski definition) is 1. The zero-order valence-corrected chi connectivity index (χ0v) is 21.5. The Morgan fingerprint density at radius 3 is 2.57 bits per heavy atom. The van der Waals surface area contributed by atoms with Crippen LogP contribution in [0.25, 0.3) is 0 Å². The number of hydrogen-bond acceptors (Lipinski definition) is 4. The van der Waals surface area contributed by atoms with E-state index in [0.717, 1.165) is 71.0 Å². The lowest BCUT2D eigenvalue weighted by Crippen LogP contribution is -2.47. The zero-order chi connectivity index (χ0) is 20.9. The first kappa shape index (κ1) is 27.1. The Balaban J connectivity index is 0.00000450. The van der Waals surface area contributed by atoms with E-state index in [9.17, 15) is 0 Å². The van der Waals surface area contributed by atoms with Crippen LogP contribution in [-0.4, -0.2) is 82.0 Å². The van der Waals surface area contributed by atoms with Gasteiger partial charge in [-0.05, 0) is 45.2 Å². The van der Waals surface area contributed by atoms with Gasteiger partial charge in [-0.3, -0.25) is 9.89 Å². The molecule has 30 heavy (non-hydrogen) atoms. The van der Waals surface area contributed by atoms with Gasteiger partial charge in [0.15, 0.2) is 5.96 Å². The number of benzene rings is 1. The second-order valence-corrected chi connectivity index (χ2v) is 7.92. The number of piperidine rings is 1. The van der Waals surface area contributed by atoms with Crippen LogP contribution in [0.4, 0.5) is 0 Å². The lowest BCUT2D eigenvalue weighted by atomic mass is 10.1. The van der Waals surface area contributed by atoms with E-state index in [1.165, 1.54) is 5.56 Å². The highest BCUT2D eigenvalue weighted by Crippen LogP contribution is 2.14. The van der Waals surface area contributed by atoms with Gasteiger partial charge < -0.3 is 19.7 Å². The largest absolute Gasteiger partial charge is 0.385 e. The van der Waals surface area contributed by atoms with Gasteiger partial charge in [0.05, 0.1) is 6.10 Å². The fourth-order valence-corrected chi connectivity index (χ4v) is 3.66. The molecule has 7 heteroatoms. The van der Waals surface area contributed by atoms with E-state index in [1.807, 2.05) is 7.05 Å². The second kappa shape index (κ2) is 15.8. The Hall–Kier alpha value is -0.900. The Bertz CT molecular complexity index is 580. The van der Waals surface area contributed by atoms with E-state index in [0.29, 0.717) is 12.1 Å². The summed E-state index contributed by atoms with van der Waals surface area (Å²) in [7, 11) is 5.81. The minimum atomic E-state index is 0. The SMILES string of the molecule is CN=C(NCCC(C)N(C)Cc1ccccc1)N1CCC(OCCCOC)CC1.I. The molecule has 0 bridgehead atoms. The van der Waals surface area contributed by atoms with Crippen LogP contribution in [0.2, 0.25) is 0 Å². The molecule has 1 aromatic rings. The number of ether oxygens (including phenoxy) is 2. The highest BCUT2D eigenvalue weighted by Gasteiger charge is 2.22. The average Bonchev–Trinajstić information content (AvgIpc) is 2.75. The Kier molecular flexibility index (Phi) is 14.3. The molecule has 0 aromatic heterocycles. The molecule has 1 aliphatic rings. The molecule has 172 valence electrons. The van der Waals surface area contributed by atoms with E-state index in [2.05, 4.69) is 64.4 Å². The Morgan fingerprint density at radius 1 is 1.23 bits per heavy atom. The van der Waals surface area contributed by atoms with Crippen molar-refractivity contribution < 1.29 is 9.47 Å². The molecular formula is C23H41IN4O2. The summed E-state index contributed by atoms with van der Waals surface area (Å²) < 4.78 is 11.0. The number of guanidine groups is 1. The van der Waals surface area contributed by atoms with Crippen LogP contribution in [0, 0.1) is 0 Å². The summed E-state index contributed by atoms with van der Waals surface area (Å²) in [4.78, 5) is 9.26. The van der Waals surface area contributed by atoms with Crippen LogP contribution in [0.15, 0.2) is 35.3 Å². The molecule has 1 heterocycles. The number of likely N-dealkylation sites (tertiary alicyclic amines) is 1. The van der Waals surface area contributed by atoms with Crippen LogP contribution < -0.4 is 5.32 Å². The molecule has 1 atom stereocenters. The fraction of sp³-hybridized carbons (Fsp3) is 0.696. The predicted molar refractivity (Wildman–Crippen MR) is 136 cm³/mol. The molecule has 0 aliphatic carbocycles. The van der Waals surface area contributed by atoms with Crippen molar-refractivity contribution in [2.45, 2.75) is 51.3 Å². The monoisotopic (exact) mass is 532 g/mol. The maximum Gasteiger partial charge on any atom is 0.193 e. The highest BCUT2D eigenvalue weighted by atomic mass is 127. The maximum absolute atomic E-state index is 5.96. The molecule has 1 unspecified atom stereocenters. The molecule has 1 aliphatic heterocycles. The van der Waals surface area contributed by atoms with Crippen LogP contribution in [0.3, 0.4) is 0 Å². The topological polar surface area (TPSA) is 49.3 Å². The summed E-state index contributed by atoms with van der Waals surface area (Å²) in [5.74, 6) is 1.01. The van der Waals surface area contributed by atoms with Crippen LogP contribution >= 0.6 is 24.0 Å². The van der Waals surface area contributed by atoms with Crippen LogP contribution in [0.5, 0.6) is 0 Å². The number of nitrogens with zero attached hydrogens (tertiary/aromatic N) is 3. The molecular weight excluding hydrogens is 491 g/mol. The third-order valence-electron chi connectivity index (χ3n) is 5.67. The van der Waals surface area contributed by atoms with Gasteiger partial charge in [-0.15, -0.1) is 24.0 Å². The quantitative estimate of drug-likeness (QED) is 0.204. The molecule has 1 saturated heterocycles. The standard InChI is InChI=1S/C23H40N4O2.HI/c1-20(26(3)19-21-9-6-5-7-10-21)11-14-25-23(24-2)27-15-12-22(13-16-27)29-18-8-17-28-4;/h5-7,9-10,20,22H,8,11-19H2,1-4H3,(H,24,25);1H. The van der Waals surface area contributed by atoms with Gasteiger partial charge in [0.25, 0.3) is 0 Å². The molecule has 0 spiro atoms. The summed E-state index contributed by atoms with van der Waals surface area (Å²) in [6.45, 7) is 7.76. The van der Waals surface area contributed by atoms with Crippen molar-refractivity contribution in [1.82, 2.24) is 15.1 Å². The number of halogens is 1. The summed E-state index contributed by atoms with van der Waals surface area (Å²) in [6, 6.07) is 11.2. The van der Waals surface area contributed by atoms with Crippen molar-refractivity contribution >= 4 is 29.9 Å². The molecule has 0 amide bonds. The first-order chi connectivity index (χ1) is 14.1. The molecule has 1 aromatic carbocycles. The number of methoxy groups -OCH3 is 1. The fourth-order valence-electron chi connectivity index (χ4n) is 3.66. The normalized spacial score (nSPS) is 16.4. The molecule has 0 radical (unpaired) electrons. The van der Waals surface area contributed by atoms with Gasteiger partial charge in [-0.1, -0.05) is 30.3 Å². The van der Waals surface area contributed by atoms with Crippen molar-refractivity contribution in [1.29, 1.82) is 0 Å². The number of nitrogens with one attached hydrogen (secondary N) is 1. The predicted octanol–water partition coefficient (Wildman–Crippen LogP) is 3.61. The zero-order valence-electron chi connectivity index (χ0n) is 19.2. The number of aliphatic imine (C=N–C) groups is 1. The van der Waals surface area contributed by atoms with Gasteiger partial charge in [0.2, 0.25) is 0 Å². The van der Waals surface area contributed by atoms with Gasteiger partial charge in [-0.25, -0.2) is 0 Å². The third-order valence-corrected chi connectivity index (χ3v) is 5.67. The van der Waals surface area contributed by atoms with Crippen molar-refractivity contribution in [3.63, 3.8) is 0 Å². The van der Waals surface area contributed by atoms with Gasteiger partial charge >= 0.3 is 0 Å². The molecule has 1 fully saturated rings. The van der Waals surface area contributed by atoms with E-state index in [-0.39, 0.29) is 24.0 Å². The smallest absolute Gasteiger partial charge is 0.193 e. The Morgan fingerprint density at radius 2 is 1.93 bits per heavy atom. The van der Waals surface area contributed by atoms with E-state index < -0.39 is 0 Å². The first-order valence-electron chi connectivity index (χ1n) is 10.9. The van der Waals surface area contributed by atoms with Gasteiger partial charge in [-0.2, -0.15) is 0 Å². The molecule has 0 saturated carbocycles. The molecule has 2 rings (SSSR count). The van der Waals surface area contributed by atoms with Crippen LogP contribution in [0.1, 0.15) is 38.2 Å². The lowest BCUT2D eigenvalue weighted by molar-refractivity contribution is 0.00990. The van der Waals surface area contributed by atoms with Crippen molar-refractivity contribution in [2.75, 3.05) is 54.1 Å². The Labute approximate surface area is 200 Å². The van der Waals surface area contributed by atoms with Gasteiger partial charge in [0.1, 0.15) is 0 Å². The minimum absolute atomic E-state index is 0. The summed E-state index contributed by atoms with van der Waals surface area (Å²) >= 11 is 0. The van der Waals surface area contributed by atoms with Crippen molar-refractivity contribution in [3.8, 4) is 0 Å². The molecule has 1 N–H and O–H groups in total. The number of rotatable bonds is 11. The second-order valence-electron chi connectivity index (χ2n) is 7.92. The molecule has 6 nitrogen and oxygen atoms in total. The van der Waals surface area contributed by atoms with E-state index >= 15 is 0 Å². The van der Waals surface area contributed by atoms with E-state index in [1.54, 1.807) is 7.11 Å². The van der Waals surface area contributed by atoms with Crippen LogP contribution in [-0.2, 0) is 16.0 Å².